The molecule has 128 valence electrons. The number of pyridine rings is 1. The number of aromatic amines is 1. The van der Waals surface area contributed by atoms with Gasteiger partial charge in [-0.3, -0.25) is 9.59 Å². The standard InChI is InChI=1S/C19H30N2O2/c1-19(2,3)15-5-4-6-16(10-9-15)21-18(23)12-8-14-7-11-17(22)20-13-14/h7,11,13,15-16H,4-6,8-10,12H2,1-3H3,(H,20,22)(H,21,23). The first-order chi connectivity index (χ1) is 10.8. The predicted molar refractivity (Wildman–Crippen MR) is 93.3 cm³/mol. The number of amides is 1. The van der Waals surface area contributed by atoms with Gasteiger partial charge in [0.1, 0.15) is 0 Å². The third-order valence-corrected chi connectivity index (χ3v) is 5.05. The Hall–Kier alpha value is -1.58. The number of H-pyrrole nitrogens is 1. The van der Waals surface area contributed by atoms with Gasteiger partial charge >= 0.3 is 0 Å². The molecular formula is C19H30N2O2. The minimum Gasteiger partial charge on any atom is -0.353 e. The highest BCUT2D eigenvalue weighted by molar-refractivity contribution is 5.76. The molecule has 0 aromatic carbocycles. The summed E-state index contributed by atoms with van der Waals surface area (Å²) in [4.78, 5) is 25.8. The van der Waals surface area contributed by atoms with E-state index in [0.29, 0.717) is 24.3 Å². The minimum absolute atomic E-state index is 0.106. The first-order valence-electron chi connectivity index (χ1n) is 8.81. The molecule has 1 aromatic rings. The van der Waals surface area contributed by atoms with E-state index >= 15 is 0 Å². The van der Waals surface area contributed by atoms with E-state index in [1.165, 1.54) is 25.3 Å². The van der Waals surface area contributed by atoms with Gasteiger partial charge in [-0.15, -0.1) is 0 Å². The van der Waals surface area contributed by atoms with Crippen LogP contribution in [0.2, 0.25) is 0 Å². The molecule has 1 aliphatic rings. The lowest BCUT2D eigenvalue weighted by Crippen LogP contribution is -2.34. The van der Waals surface area contributed by atoms with Crippen molar-refractivity contribution >= 4 is 5.91 Å². The number of hydrogen-bond acceptors (Lipinski definition) is 2. The van der Waals surface area contributed by atoms with E-state index in [1.54, 1.807) is 12.3 Å². The molecule has 1 heterocycles. The molecule has 2 unspecified atom stereocenters. The Morgan fingerprint density at radius 3 is 2.65 bits per heavy atom. The largest absolute Gasteiger partial charge is 0.353 e. The summed E-state index contributed by atoms with van der Waals surface area (Å²) >= 11 is 0. The highest BCUT2D eigenvalue weighted by Gasteiger charge is 2.28. The van der Waals surface area contributed by atoms with Gasteiger partial charge < -0.3 is 10.3 Å². The normalized spacial score (nSPS) is 22.4. The molecule has 0 bridgehead atoms. The quantitative estimate of drug-likeness (QED) is 0.836. The summed E-state index contributed by atoms with van der Waals surface area (Å²) in [6.07, 6.45) is 8.69. The number of carbonyl (C=O) groups excluding carboxylic acids is 1. The molecule has 23 heavy (non-hydrogen) atoms. The molecule has 1 fully saturated rings. The molecule has 2 N–H and O–H groups in total. The fourth-order valence-electron chi connectivity index (χ4n) is 3.47. The maximum Gasteiger partial charge on any atom is 0.247 e. The van der Waals surface area contributed by atoms with Crippen molar-refractivity contribution in [2.45, 2.75) is 71.8 Å². The summed E-state index contributed by atoms with van der Waals surface area (Å²) in [7, 11) is 0. The third kappa shape index (κ3) is 5.85. The maximum atomic E-state index is 12.2. The Morgan fingerprint density at radius 2 is 2.00 bits per heavy atom. The Kier molecular flexibility index (Phi) is 6.03. The predicted octanol–water partition coefficient (Wildman–Crippen LogP) is 3.42. The molecular weight excluding hydrogens is 288 g/mol. The van der Waals surface area contributed by atoms with Crippen molar-refractivity contribution < 1.29 is 4.79 Å². The van der Waals surface area contributed by atoms with E-state index < -0.39 is 0 Å². The molecule has 4 nitrogen and oxygen atoms in total. The zero-order valence-corrected chi connectivity index (χ0v) is 14.7. The van der Waals surface area contributed by atoms with Gasteiger partial charge in [0, 0.05) is 24.7 Å². The summed E-state index contributed by atoms with van der Waals surface area (Å²) in [6, 6.07) is 3.61. The second-order valence-electron chi connectivity index (χ2n) is 7.90. The topological polar surface area (TPSA) is 62.0 Å². The molecule has 2 atom stereocenters. The zero-order chi connectivity index (χ0) is 16.9. The number of carbonyl (C=O) groups is 1. The van der Waals surface area contributed by atoms with Crippen LogP contribution in [-0.2, 0) is 11.2 Å². The minimum atomic E-state index is -0.106. The van der Waals surface area contributed by atoms with Crippen molar-refractivity contribution in [2.24, 2.45) is 11.3 Å². The number of aryl methyl sites for hydroxylation is 1. The van der Waals surface area contributed by atoms with Gasteiger partial charge in [-0.05, 0) is 49.0 Å². The van der Waals surface area contributed by atoms with E-state index in [0.717, 1.165) is 24.3 Å². The van der Waals surface area contributed by atoms with Crippen LogP contribution in [0.4, 0.5) is 0 Å². The molecule has 4 heteroatoms. The van der Waals surface area contributed by atoms with Crippen molar-refractivity contribution in [1.29, 1.82) is 0 Å². The van der Waals surface area contributed by atoms with Crippen LogP contribution >= 0.6 is 0 Å². The smallest absolute Gasteiger partial charge is 0.247 e. The van der Waals surface area contributed by atoms with Crippen molar-refractivity contribution in [1.82, 2.24) is 10.3 Å². The lowest BCUT2D eigenvalue weighted by Gasteiger charge is -2.29. The van der Waals surface area contributed by atoms with Crippen molar-refractivity contribution in [3.05, 3.63) is 34.2 Å². The average molecular weight is 318 g/mol. The summed E-state index contributed by atoms with van der Waals surface area (Å²) in [5.41, 5.74) is 1.25. The number of nitrogens with one attached hydrogen (secondary N) is 2. The molecule has 1 amide bonds. The second-order valence-corrected chi connectivity index (χ2v) is 7.90. The summed E-state index contributed by atoms with van der Waals surface area (Å²) in [6.45, 7) is 6.96. The van der Waals surface area contributed by atoms with E-state index in [1.807, 2.05) is 0 Å². The van der Waals surface area contributed by atoms with Crippen molar-refractivity contribution in [3.8, 4) is 0 Å². The van der Waals surface area contributed by atoms with Crippen LogP contribution in [0, 0.1) is 11.3 Å². The zero-order valence-electron chi connectivity index (χ0n) is 14.7. The molecule has 0 saturated heterocycles. The van der Waals surface area contributed by atoms with Gasteiger partial charge in [0.25, 0.3) is 0 Å². The van der Waals surface area contributed by atoms with Gasteiger partial charge in [0.15, 0.2) is 0 Å². The molecule has 0 aliphatic heterocycles. The Labute approximate surface area is 139 Å². The fourth-order valence-corrected chi connectivity index (χ4v) is 3.47. The Morgan fingerprint density at radius 1 is 1.22 bits per heavy atom. The van der Waals surface area contributed by atoms with Crippen LogP contribution < -0.4 is 10.9 Å². The first-order valence-corrected chi connectivity index (χ1v) is 8.81. The molecule has 1 saturated carbocycles. The highest BCUT2D eigenvalue weighted by Crippen LogP contribution is 2.36. The highest BCUT2D eigenvalue weighted by atomic mass is 16.1. The first kappa shape index (κ1) is 17.8. The Balaban J connectivity index is 1.77. The van der Waals surface area contributed by atoms with Crippen molar-refractivity contribution in [2.75, 3.05) is 0 Å². The summed E-state index contributed by atoms with van der Waals surface area (Å²) in [5.74, 6) is 0.876. The van der Waals surface area contributed by atoms with Crippen LogP contribution in [0.5, 0.6) is 0 Å². The van der Waals surface area contributed by atoms with E-state index in [4.69, 9.17) is 0 Å². The van der Waals surface area contributed by atoms with Gasteiger partial charge in [0.2, 0.25) is 11.5 Å². The lowest BCUT2D eigenvalue weighted by atomic mass is 9.76. The molecule has 1 aromatic heterocycles. The molecule has 2 rings (SSSR count). The van der Waals surface area contributed by atoms with Crippen molar-refractivity contribution in [3.63, 3.8) is 0 Å². The van der Waals surface area contributed by atoms with Gasteiger partial charge in [-0.2, -0.15) is 0 Å². The fraction of sp³-hybridized carbons (Fsp3) is 0.684. The number of hydrogen-bond donors (Lipinski definition) is 2. The molecule has 0 radical (unpaired) electrons. The van der Waals surface area contributed by atoms with Crippen LogP contribution in [0.3, 0.4) is 0 Å². The van der Waals surface area contributed by atoms with E-state index in [-0.39, 0.29) is 11.5 Å². The maximum absolute atomic E-state index is 12.2. The molecule has 0 spiro atoms. The van der Waals surface area contributed by atoms with E-state index in [2.05, 4.69) is 31.1 Å². The van der Waals surface area contributed by atoms with Gasteiger partial charge in [0.05, 0.1) is 0 Å². The second kappa shape index (κ2) is 7.80. The Bertz CT molecular complexity index is 551. The SMILES string of the molecule is CC(C)(C)C1CCCC(NC(=O)CCc2ccc(=O)[nH]c2)CC1. The summed E-state index contributed by atoms with van der Waals surface area (Å²) < 4.78 is 0. The number of rotatable bonds is 4. The monoisotopic (exact) mass is 318 g/mol. The van der Waals surface area contributed by atoms with Gasteiger partial charge in [-0.25, -0.2) is 0 Å². The van der Waals surface area contributed by atoms with Crippen LogP contribution in [-0.4, -0.2) is 16.9 Å². The lowest BCUT2D eigenvalue weighted by molar-refractivity contribution is -0.121. The van der Waals surface area contributed by atoms with Crippen LogP contribution in [0.1, 0.15) is 64.9 Å². The average Bonchev–Trinajstić information content (AvgIpc) is 2.72. The van der Waals surface area contributed by atoms with Crippen LogP contribution in [0.25, 0.3) is 0 Å². The molecule has 1 aliphatic carbocycles. The van der Waals surface area contributed by atoms with Crippen LogP contribution in [0.15, 0.2) is 23.1 Å². The van der Waals surface area contributed by atoms with Gasteiger partial charge in [-0.1, -0.05) is 33.3 Å². The summed E-state index contributed by atoms with van der Waals surface area (Å²) in [5, 5.41) is 3.20. The number of aromatic nitrogens is 1. The van der Waals surface area contributed by atoms with E-state index in [9.17, 15) is 9.59 Å². The third-order valence-electron chi connectivity index (χ3n) is 5.05.